The third-order valence-corrected chi connectivity index (χ3v) is 3.57. The minimum absolute atomic E-state index is 0.319. The number of amides is 1. The van der Waals surface area contributed by atoms with Crippen LogP contribution < -0.4 is 14.9 Å². The van der Waals surface area contributed by atoms with E-state index in [9.17, 15) is 4.79 Å². The summed E-state index contributed by atoms with van der Waals surface area (Å²) >= 11 is 0. The number of ether oxygens (including phenoxy) is 2. The molecule has 0 aliphatic heterocycles. The van der Waals surface area contributed by atoms with Crippen LogP contribution >= 0.6 is 0 Å². The second-order valence-electron chi connectivity index (χ2n) is 5.49. The Bertz CT molecular complexity index is 883. The number of nitrogens with zero attached hydrogens (tertiary/aromatic N) is 2. The van der Waals surface area contributed by atoms with Crippen LogP contribution in [0, 0.1) is 0 Å². The molecule has 1 amide bonds. The van der Waals surface area contributed by atoms with Crippen LogP contribution in [0.3, 0.4) is 0 Å². The fourth-order valence-electron chi connectivity index (χ4n) is 2.28. The van der Waals surface area contributed by atoms with Crippen molar-refractivity contribution in [2.45, 2.75) is 0 Å². The van der Waals surface area contributed by atoms with E-state index in [1.54, 1.807) is 48.9 Å². The lowest BCUT2D eigenvalue weighted by Crippen LogP contribution is -2.19. The first-order valence-corrected chi connectivity index (χ1v) is 8.46. The predicted octanol–water partition coefficient (Wildman–Crippen LogP) is 3.30. The van der Waals surface area contributed by atoms with Crippen LogP contribution in [-0.4, -0.2) is 30.3 Å². The molecule has 0 unspecified atom stereocenters. The molecule has 6 heteroatoms. The zero-order valence-corrected chi connectivity index (χ0v) is 14.6. The van der Waals surface area contributed by atoms with Crippen LogP contribution in [0.2, 0.25) is 0 Å². The summed E-state index contributed by atoms with van der Waals surface area (Å²) in [7, 11) is 0. The summed E-state index contributed by atoms with van der Waals surface area (Å²) in [6.45, 7) is 0.694. The Morgan fingerprint density at radius 1 is 0.926 bits per heavy atom. The van der Waals surface area contributed by atoms with E-state index in [-0.39, 0.29) is 5.91 Å². The molecule has 0 fully saturated rings. The van der Waals surface area contributed by atoms with Crippen molar-refractivity contribution in [3.05, 3.63) is 90.3 Å². The summed E-state index contributed by atoms with van der Waals surface area (Å²) in [4.78, 5) is 16.3. The van der Waals surface area contributed by atoms with Gasteiger partial charge in [-0.15, -0.1) is 0 Å². The fourth-order valence-corrected chi connectivity index (χ4v) is 2.28. The average molecular weight is 361 g/mol. The Balaban J connectivity index is 1.53. The van der Waals surface area contributed by atoms with E-state index in [0.717, 1.165) is 11.3 Å². The van der Waals surface area contributed by atoms with Crippen molar-refractivity contribution in [1.82, 2.24) is 10.4 Å². The summed E-state index contributed by atoms with van der Waals surface area (Å²) in [5.74, 6) is 0.906. The molecule has 2 aromatic carbocycles. The minimum atomic E-state index is -0.347. The van der Waals surface area contributed by atoms with Crippen molar-refractivity contribution >= 4 is 12.1 Å². The summed E-state index contributed by atoms with van der Waals surface area (Å²) in [6, 6.07) is 20.1. The SMILES string of the molecule is O=C(N/N=C\c1ccncc1)c1ccccc1OCCOc1ccccc1. The largest absolute Gasteiger partial charge is 0.490 e. The topological polar surface area (TPSA) is 72.8 Å². The molecule has 3 rings (SSSR count). The molecule has 136 valence electrons. The van der Waals surface area contributed by atoms with E-state index < -0.39 is 0 Å². The lowest BCUT2D eigenvalue weighted by molar-refractivity contribution is 0.0950. The number of pyridine rings is 1. The zero-order chi connectivity index (χ0) is 18.7. The highest BCUT2D eigenvalue weighted by Gasteiger charge is 2.11. The van der Waals surface area contributed by atoms with Crippen molar-refractivity contribution in [2.75, 3.05) is 13.2 Å². The molecule has 3 aromatic rings. The number of aromatic nitrogens is 1. The van der Waals surface area contributed by atoms with Gasteiger partial charge in [-0.2, -0.15) is 5.10 Å². The van der Waals surface area contributed by atoms with E-state index in [4.69, 9.17) is 9.47 Å². The normalized spacial score (nSPS) is 10.5. The molecule has 0 atom stereocenters. The molecule has 6 nitrogen and oxygen atoms in total. The van der Waals surface area contributed by atoms with Crippen molar-refractivity contribution in [3.63, 3.8) is 0 Å². The second-order valence-corrected chi connectivity index (χ2v) is 5.49. The first-order chi connectivity index (χ1) is 13.3. The molecule has 1 heterocycles. The molecule has 1 aromatic heterocycles. The monoisotopic (exact) mass is 361 g/mol. The zero-order valence-electron chi connectivity index (χ0n) is 14.6. The van der Waals surface area contributed by atoms with Gasteiger partial charge in [0.1, 0.15) is 24.7 Å². The Labute approximate surface area is 157 Å². The van der Waals surface area contributed by atoms with Gasteiger partial charge in [0.2, 0.25) is 0 Å². The Hall–Kier alpha value is -3.67. The van der Waals surface area contributed by atoms with Crippen LogP contribution in [0.4, 0.5) is 0 Å². The molecule has 1 N–H and O–H groups in total. The second kappa shape index (κ2) is 9.72. The third-order valence-electron chi connectivity index (χ3n) is 3.57. The lowest BCUT2D eigenvalue weighted by Gasteiger charge is -2.11. The van der Waals surface area contributed by atoms with Crippen LogP contribution in [0.15, 0.2) is 84.2 Å². The fraction of sp³-hybridized carbons (Fsp3) is 0.0952. The van der Waals surface area contributed by atoms with Gasteiger partial charge in [-0.3, -0.25) is 9.78 Å². The van der Waals surface area contributed by atoms with E-state index in [2.05, 4.69) is 15.5 Å². The molecule has 27 heavy (non-hydrogen) atoms. The quantitative estimate of drug-likeness (QED) is 0.380. The highest BCUT2D eigenvalue weighted by Crippen LogP contribution is 2.18. The van der Waals surface area contributed by atoms with Crippen molar-refractivity contribution in [3.8, 4) is 11.5 Å². The first kappa shape index (κ1) is 18.1. The van der Waals surface area contributed by atoms with Gasteiger partial charge in [0.05, 0.1) is 11.8 Å². The minimum Gasteiger partial charge on any atom is -0.490 e. The number of benzene rings is 2. The van der Waals surface area contributed by atoms with Crippen LogP contribution in [0.5, 0.6) is 11.5 Å². The van der Waals surface area contributed by atoms with Gasteiger partial charge < -0.3 is 9.47 Å². The smallest absolute Gasteiger partial charge is 0.275 e. The number of hydrazone groups is 1. The number of nitrogens with one attached hydrogen (secondary N) is 1. The van der Waals surface area contributed by atoms with Crippen LogP contribution in [0.25, 0.3) is 0 Å². The molecular formula is C21H19N3O3. The highest BCUT2D eigenvalue weighted by molar-refractivity contribution is 5.97. The average Bonchev–Trinajstić information content (AvgIpc) is 2.73. The van der Waals surface area contributed by atoms with Gasteiger partial charge in [-0.1, -0.05) is 30.3 Å². The maximum atomic E-state index is 12.4. The number of para-hydroxylation sites is 2. The number of rotatable bonds is 8. The van der Waals surface area contributed by atoms with Crippen molar-refractivity contribution in [2.24, 2.45) is 5.10 Å². The van der Waals surface area contributed by atoms with Crippen molar-refractivity contribution in [1.29, 1.82) is 0 Å². The molecule has 0 radical (unpaired) electrons. The first-order valence-electron chi connectivity index (χ1n) is 8.46. The van der Waals surface area contributed by atoms with E-state index >= 15 is 0 Å². The van der Waals surface area contributed by atoms with Crippen LogP contribution in [0.1, 0.15) is 15.9 Å². The van der Waals surface area contributed by atoms with E-state index in [1.807, 2.05) is 36.4 Å². The van der Waals surface area contributed by atoms with Gasteiger partial charge in [-0.25, -0.2) is 5.43 Å². The number of hydrogen-bond acceptors (Lipinski definition) is 5. The maximum Gasteiger partial charge on any atom is 0.275 e. The standard InChI is InChI=1S/C21H19N3O3/c25-21(24-23-16-17-10-12-22-13-11-17)19-8-4-5-9-20(19)27-15-14-26-18-6-2-1-3-7-18/h1-13,16H,14-15H2,(H,24,25)/b23-16-. The Kier molecular flexibility index (Phi) is 6.53. The Morgan fingerprint density at radius 2 is 1.63 bits per heavy atom. The number of hydrogen-bond donors (Lipinski definition) is 1. The van der Waals surface area contributed by atoms with Gasteiger partial charge in [0.25, 0.3) is 5.91 Å². The summed E-state index contributed by atoms with van der Waals surface area (Å²) < 4.78 is 11.3. The molecule has 0 saturated carbocycles. The molecule has 0 spiro atoms. The summed E-state index contributed by atoms with van der Waals surface area (Å²) in [5, 5.41) is 3.96. The third kappa shape index (κ3) is 5.67. The Morgan fingerprint density at radius 3 is 2.44 bits per heavy atom. The van der Waals surface area contributed by atoms with Crippen molar-refractivity contribution < 1.29 is 14.3 Å². The summed E-state index contributed by atoms with van der Waals surface area (Å²) in [5.41, 5.74) is 3.75. The predicted molar refractivity (Wildman–Crippen MR) is 103 cm³/mol. The van der Waals surface area contributed by atoms with Crippen LogP contribution in [-0.2, 0) is 0 Å². The highest BCUT2D eigenvalue weighted by atomic mass is 16.5. The van der Waals surface area contributed by atoms with Gasteiger partial charge in [0, 0.05) is 12.4 Å². The summed E-state index contributed by atoms with van der Waals surface area (Å²) in [6.07, 6.45) is 4.87. The van der Waals surface area contributed by atoms with Gasteiger partial charge in [0.15, 0.2) is 0 Å². The van der Waals surface area contributed by atoms with E-state index in [0.29, 0.717) is 24.5 Å². The molecule has 0 bridgehead atoms. The number of carbonyl (C=O) groups is 1. The molecule has 0 saturated heterocycles. The lowest BCUT2D eigenvalue weighted by atomic mass is 10.2. The van der Waals surface area contributed by atoms with Gasteiger partial charge >= 0.3 is 0 Å². The molecule has 0 aliphatic carbocycles. The molecular weight excluding hydrogens is 342 g/mol. The van der Waals surface area contributed by atoms with Gasteiger partial charge in [-0.05, 0) is 42.0 Å². The molecule has 0 aliphatic rings. The number of carbonyl (C=O) groups excluding carboxylic acids is 1. The van der Waals surface area contributed by atoms with E-state index in [1.165, 1.54) is 0 Å². The maximum absolute atomic E-state index is 12.4.